The number of methoxy groups -OCH3 is 2. The highest BCUT2D eigenvalue weighted by Gasteiger charge is 2.33. The first-order valence-corrected chi connectivity index (χ1v) is 12.2. The molecule has 196 valence electrons. The summed E-state index contributed by atoms with van der Waals surface area (Å²) >= 11 is 1.17. The largest absolute Gasteiger partial charge is 0.493 e. The minimum atomic E-state index is -0.868. The zero-order valence-corrected chi connectivity index (χ0v) is 22.1. The van der Waals surface area contributed by atoms with Crippen LogP contribution in [0.1, 0.15) is 37.9 Å². The molecule has 0 saturated carbocycles. The monoisotopic (exact) mass is 536 g/mol. The van der Waals surface area contributed by atoms with Gasteiger partial charge in [-0.05, 0) is 48.4 Å². The van der Waals surface area contributed by atoms with Crippen LogP contribution in [0.15, 0.2) is 63.5 Å². The van der Waals surface area contributed by atoms with E-state index in [9.17, 15) is 19.2 Å². The van der Waals surface area contributed by atoms with Crippen LogP contribution in [0.5, 0.6) is 17.2 Å². The molecule has 3 aromatic rings. The van der Waals surface area contributed by atoms with Gasteiger partial charge in [0, 0.05) is 13.8 Å². The Morgan fingerprint density at radius 1 is 0.974 bits per heavy atom. The topological polar surface area (TPSA) is 122 Å². The van der Waals surface area contributed by atoms with Crippen molar-refractivity contribution in [2.24, 2.45) is 4.99 Å². The number of benzene rings is 2. The van der Waals surface area contributed by atoms with Crippen LogP contribution in [-0.2, 0) is 19.1 Å². The third-order valence-electron chi connectivity index (χ3n) is 5.62. The van der Waals surface area contributed by atoms with Crippen LogP contribution in [-0.4, -0.2) is 36.7 Å². The molecule has 0 N–H and O–H groups in total. The van der Waals surface area contributed by atoms with Gasteiger partial charge < -0.3 is 18.9 Å². The van der Waals surface area contributed by atoms with Gasteiger partial charge in [-0.25, -0.2) is 9.79 Å². The van der Waals surface area contributed by atoms with Gasteiger partial charge >= 0.3 is 17.9 Å². The first-order chi connectivity index (χ1) is 18.1. The molecule has 2 aromatic carbocycles. The molecule has 1 unspecified atom stereocenters. The minimum absolute atomic E-state index is 0.194. The standard InChI is InChI=1S/C27H24N2O8S/c1-14-23(26(33)35-5)24(18-8-11-20(37-16(3)31)21(13-18)34-4)29-25(32)22(38-27(29)28-14)12-17-6-9-19(10-7-17)36-15(2)30/h6-13,24H,1-5H3/b22-12-. The van der Waals surface area contributed by atoms with Gasteiger partial charge in [0.1, 0.15) is 5.75 Å². The third-order valence-corrected chi connectivity index (χ3v) is 6.61. The van der Waals surface area contributed by atoms with Crippen LogP contribution in [0.25, 0.3) is 6.08 Å². The van der Waals surface area contributed by atoms with Gasteiger partial charge in [0.05, 0.1) is 36.1 Å². The molecular weight excluding hydrogens is 512 g/mol. The highest BCUT2D eigenvalue weighted by Crippen LogP contribution is 2.36. The maximum atomic E-state index is 13.7. The second-order valence-corrected chi connectivity index (χ2v) is 9.25. The lowest BCUT2D eigenvalue weighted by atomic mass is 9.95. The Morgan fingerprint density at radius 3 is 2.26 bits per heavy atom. The van der Waals surface area contributed by atoms with E-state index in [1.807, 2.05) is 0 Å². The van der Waals surface area contributed by atoms with Gasteiger partial charge in [-0.15, -0.1) is 0 Å². The summed E-state index contributed by atoms with van der Waals surface area (Å²) in [5.41, 5.74) is 1.48. The highest BCUT2D eigenvalue weighted by atomic mass is 32.1. The Balaban J connectivity index is 1.88. The fraction of sp³-hybridized carbons (Fsp3) is 0.222. The van der Waals surface area contributed by atoms with Crippen molar-refractivity contribution in [1.29, 1.82) is 0 Å². The quantitative estimate of drug-likeness (QED) is 0.347. The maximum Gasteiger partial charge on any atom is 0.338 e. The van der Waals surface area contributed by atoms with Crippen molar-refractivity contribution in [1.82, 2.24) is 4.57 Å². The van der Waals surface area contributed by atoms with E-state index >= 15 is 0 Å². The molecule has 2 heterocycles. The van der Waals surface area contributed by atoms with Gasteiger partial charge in [-0.1, -0.05) is 29.5 Å². The Bertz CT molecular complexity index is 1650. The number of ether oxygens (including phenoxy) is 4. The summed E-state index contributed by atoms with van der Waals surface area (Å²) in [6.45, 7) is 4.26. The lowest BCUT2D eigenvalue weighted by molar-refractivity contribution is -0.136. The van der Waals surface area contributed by atoms with E-state index in [2.05, 4.69) is 4.99 Å². The molecular formula is C27H24N2O8S. The predicted octanol–water partition coefficient (Wildman–Crippen LogP) is 2.27. The molecule has 0 radical (unpaired) electrons. The Hall–Kier alpha value is -4.51. The van der Waals surface area contributed by atoms with Crippen molar-refractivity contribution in [2.75, 3.05) is 14.2 Å². The number of aromatic nitrogens is 1. The third kappa shape index (κ3) is 5.28. The van der Waals surface area contributed by atoms with Crippen molar-refractivity contribution in [3.8, 4) is 17.2 Å². The number of allylic oxidation sites excluding steroid dienone is 1. The van der Waals surface area contributed by atoms with E-state index in [0.29, 0.717) is 31.9 Å². The number of thiazole rings is 1. The van der Waals surface area contributed by atoms with Crippen LogP contribution in [0, 0.1) is 0 Å². The van der Waals surface area contributed by atoms with E-state index in [1.165, 1.54) is 44.0 Å². The van der Waals surface area contributed by atoms with E-state index in [-0.39, 0.29) is 22.6 Å². The minimum Gasteiger partial charge on any atom is -0.493 e. The molecule has 38 heavy (non-hydrogen) atoms. The molecule has 1 aromatic heterocycles. The first-order valence-electron chi connectivity index (χ1n) is 11.4. The van der Waals surface area contributed by atoms with Crippen LogP contribution in [0.3, 0.4) is 0 Å². The summed E-state index contributed by atoms with van der Waals surface area (Å²) in [6, 6.07) is 10.6. The molecule has 0 bridgehead atoms. The number of carbonyl (C=O) groups excluding carboxylic acids is 3. The normalized spacial score (nSPS) is 14.9. The maximum absolute atomic E-state index is 13.7. The molecule has 0 saturated heterocycles. The van der Waals surface area contributed by atoms with E-state index in [1.54, 1.807) is 55.5 Å². The number of hydrogen-bond donors (Lipinski definition) is 0. The van der Waals surface area contributed by atoms with Crippen molar-refractivity contribution in [3.63, 3.8) is 0 Å². The summed E-state index contributed by atoms with van der Waals surface area (Å²) < 4.78 is 22.5. The number of fused-ring (bicyclic) bond motifs is 1. The Kier molecular flexibility index (Phi) is 7.58. The smallest absolute Gasteiger partial charge is 0.338 e. The molecule has 1 aliphatic heterocycles. The Labute approximate surface area is 221 Å². The average molecular weight is 537 g/mol. The molecule has 0 aliphatic carbocycles. The van der Waals surface area contributed by atoms with Gasteiger partial charge in [0.2, 0.25) is 0 Å². The molecule has 11 heteroatoms. The summed E-state index contributed by atoms with van der Waals surface area (Å²) in [7, 11) is 2.68. The number of carbonyl (C=O) groups is 3. The number of rotatable bonds is 6. The fourth-order valence-electron chi connectivity index (χ4n) is 4.05. The lowest BCUT2D eigenvalue weighted by Crippen LogP contribution is -2.39. The average Bonchev–Trinajstić information content (AvgIpc) is 3.17. The van der Waals surface area contributed by atoms with Crippen molar-refractivity contribution in [2.45, 2.75) is 26.8 Å². The fourth-order valence-corrected chi connectivity index (χ4v) is 5.10. The van der Waals surface area contributed by atoms with E-state index < -0.39 is 23.9 Å². The summed E-state index contributed by atoms with van der Waals surface area (Å²) in [6.07, 6.45) is 1.69. The van der Waals surface area contributed by atoms with Gasteiger partial charge in [-0.3, -0.25) is 19.0 Å². The molecule has 0 spiro atoms. The predicted molar refractivity (Wildman–Crippen MR) is 138 cm³/mol. The van der Waals surface area contributed by atoms with Gasteiger partial charge in [0.15, 0.2) is 16.3 Å². The van der Waals surface area contributed by atoms with Crippen LogP contribution in [0.2, 0.25) is 0 Å². The summed E-state index contributed by atoms with van der Waals surface area (Å²) in [4.78, 5) is 54.1. The second kappa shape index (κ2) is 10.9. The zero-order chi connectivity index (χ0) is 27.6. The van der Waals surface area contributed by atoms with Gasteiger partial charge in [0.25, 0.3) is 5.56 Å². The first kappa shape index (κ1) is 26.6. The highest BCUT2D eigenvalue weighted by molar-refractivity contribution is 7.07. The number of hydrogen-bond acceptors (Lipinski definition) is 10. The SMILES string of the molecule is COC(=O)C1=C(C)N=c2s/c(=C\c3ccc(OC(C)=O)cc3)c(=O)n2C1c1ccc(OC(C)=O)c(OC)c1. The summed E-state index contributed by atoms with van der Waals surface area (Å²) in [5.74, 6) is -0.730. The zero-order valence-electron chi connectivity index (χ0n) is 21.3. The van der Waals surface area contributed by atoms with Crippen LogP contribution >= 0.6 is 11.3 Å². The van der Waals surface area contributed by atoms with Crippen LogP contribution in [0.4, 0.5) is 0 Å². The van der Waals surface area contributed by atoms with Crippen molar-refractivity contribution in [3.05, 3.63) is 84.5 Å². The van der Waals surface area contributed by atoms with Crippen molar-refractivity contribution >= 4 is 35.3 Å². The van der Waals surface area contributed by atoms with Crippen LogP contribution < -0.4 is 29.1 Å². The number of nitrogens with zero attached hydrogens (tertiary/aromatic N) is 2. The molecule has 0 amide bonds. The lowest BCUT2D eigenvalue weighted by Gasteiger charge is -2.25. The summed E-state index contributed by atoms with van der Waals surface area (Å²) in [5, 5.41) is 0. The Morgan fingerprint density at radius 2 is 1.66 bits per heavy atom. The molecule has 0 fully saturated rings. The molecule has 10 nitrogen and oxygen atoms in total. The van der Waals surface area contributed by atoms with Gasteiger partial charge in [-0.2, -0.15) is 0 Å². The molecule has 1 aliphatic rings. The number of esters is 3. The van der Waals surface area contributed by atoms with E-state index in [4.69, 9.17) is 18.9 Å². The van der Waals surface area contributed by atoms with E-state index in [0.717, 1.165) is 0 Å². The molecule has 4 rings (SSSR count). The molecule has 1 atom stereocenters. The second-order valence-electron chi connectivity index (χ2n) is 8.24. The van der Waals surface area contributed by atoms with Crippen molar-refractivity contribution < 1.29 is 33.3 Å².